The predicted octanol–water partition coefficient (Wildman–Crippen LogP) is 3.75. The van der Waals surface area contributed by atoms with Gasteiger partial charge in [-0.3, -0.25) is 4.98 Å². The number of thiophene rings is 1. The maximum Gasteiger partial charge on any atom is 0.339 e. The third-order valence-electron chi connectivity index (χ3n) is 3.28. The summed E-state index contributed by atoms with van der Waals surface area (Å²) >= 11 is 1.24. The zero-order chi connectivity index (χ0) is 16.4. The summed E-state index contributed by atoms with van der Waals surface area (Å²) in [5, 5.41) is 28.0. The fourth-order valence-electron chi connectivity index (χ4n) is 2.19. The van der Waals surface area contributed by atoms with Gasteiger partial charge in [0.05, 0.1) is 16.8 Å². The molecular weight excluding hydrogens is 312 g/mol. The first-order valence-electron chi connectivity index (χ1n) is 6.62. The van der Waals surface area contributed by atoms with Crippen molar-refractivity contribution in [3.05, 3.63) is 59.1 Å². The van der Waals surface area contributed by atoms with Crippen molar-refractivity contribution in [1.29, 1.82) is 5.26 Å². The van der Waals surface area contributed by atoms with E-state index < -0.39 is 5.97 Å². The zero-order valence-electron chi connectivity index (χ0n) is 11.7. The lowest BCUT2D eigenvalue weighted by molar-refractivity contribution is 0.0693. The van der Waals surface area contributed by atoms with Crippen molar-refractivity contribution in [1.82, 2.24) is 4.98 Å². The number of nitrogens with zero attached hydrogens (tertiary/aromatic N) is 2. The lowest BCUT2D eigenvalue weighted by Crippen LogP contribution is -1.98. The largest absolute Gasteiger partial charge is 0.505 e. The van der Waals surface area contributed by atoms with Gasteiger partial charge in [-0.05, 0) is 17.7 Å². The Bertz CT molecular complexity index is 927. The Hall–Kier alpha value is -3.17. The summed E-state index contributed by atoms with van der Waals surface area (Å²) in [6.45, 7) is 0. The van der Waals surface area contributed by atoms with Crippen molar-refractivity contribution < 1.29 is 15.0 Å². The Morgan fingerprint density at radius 1 is 1.22 bits per heavy atom. The molecule has 0 saturated carbocycles. The SMILES string of the molecule is N#Cc1sc(-c2cc(C(=O)O)c(O)cn2)cc1-c1ccccc1. The van der Waals surface area contributed by atoms with E-state index in [4.69, 9.17) is 5.11 Å². The predicted molar refractivity (Wildman–Crippen MR) is 86.3 cm³/mol. The van der Waals surface area contributed by atoms with Crippen molar-refractivity contribution >= 4 is 17.3 Å². The molecule has 2 N–H and O–H groups in total. The van der Waals surface area contributed by atoms with Crippen LogP contribution in [0.4, 0.5) is 0 Å². The lowest BCUT2D eigenvalue weighted by atomic mass is 10.1. The Balaban J connectivity index is 2.13. The fraction of sp³-hybridized carbons (Fsp3) is 0. The van der Waals surface area contributed by atoms with Gasteiger partial charge in [0.25, 0.3) is 0 Å². The van der Waals surface area contributed by atoms with E-state index in [0.717, 1.165) is 17.3 Å². The quantitative estimate of drug-likeness (QED) is 0.766. The number of rotatable bonds is 3. The van der Waals surface area contributed by atoms with Crippen LogP contribution in [-0.4, -0.2) is 21.2 Å². The third-order valence-corrected chi connectivity index (χ3v) is 4.35. The highest BCUT2D eigenvalue weighted by Gasteiger charge is 2.16. The second kappa shape index (κ2) is 5.91. The van der Waals surface area contributed by atoms with Crippen LogP contribution in [0.15, 0.2) is 48.7 Å². The normalized spacial score (nSPS) is 10.2. The van der Waals surface area contributed by atoms with Gasteiger partial charge in [-0.15, -0.1) is 11.3 Å². The number of nitriles is 1. The highest BCUT2D eigenvalue weighted by atomic mass is 32.1. The number of carboxylic acid groups (broad SMARTS) is 1. The summed E-state index contributed by atoms with van der Waals surface area (Å²) in [6, 6.07) is 14.7. The van der Waals surface area contributed by atoms with Crippen LogP contribution < -0.4 is 0 Å². The van der Waals surface area contributed by atoms with Gasteiger partial charge in [0.1, 0.15) is 22.3 Å². The Morgan fingerprint density at radius 3 is 2.61 bits per heavy atom. The standard InChI is InChI=1S/C17H10N2O3S/c18-8-16-11(10-4-2-1-3-5-10)7-15(23-16)13-6-12(17(21)22)14(20)9-19-13/h1-7,9,20H,(H,21,22). The molecule has 0 saturated heterocycles. The van der Waals surface area contributed by atoms with Gasteiger partial charge in [-0.25, -0.2) is 4.79 Å². The van der Waals surface area contributed by atoms with E-state index in [0.29, 0.717) is 15.4 Å². The molecule has 112 valence electrons. The smallest absolute Gasteiger partial charge is 0.339 e. The van der Waals surface area contributed by atoms with Crippen molar-refractivity contribution in [2.45, 2.75) is 0 Å². The number of pyridine rings is 1. The first-order valence-corrected chi connectivity index (χ1v) is 7.44. The van der Waals surface area contributed by atoms with Gasteiger partial charge in [-0.2, -0.15) is 5.26 Å². The molecule has 23 heavy (non-hydrogen) atoms. The molecule has 3 rings (SSSR count). The molecule has 0 aliphatic rings. The van der Waals surface area contributed by atoms with Crippen LogP contribution >= 0.6 is 11.3 Å². The lowest BCUT2D eigenvalue weighted by Gasteiger charge is -2.01. The summed E-state index contributed by atoms with van der Waals surface area (Å²) in [5.74, 6) is -1.62. The van der Waals surface area contributed by atoms with Crippen molar-refractivity contribution in [3.63, 3.8) is 0 Å². The van der Waals surface area contributed by atoms with Crippen molar-refractivity contribution in [2.24, 2.45) is 0 Å². The maximum absolute atomic E-state index is 11.1. The average molecular weight is 322 g/mol. The van der Waals surface area contributed by atoms with Crippen LogP contribution in [-0.2, 0) is 0 Å². The van der Waals surface area contributed by atoms with Gasteiger partial charge >= 0.3 is 5.97 Å². The molecule has 0 unspecified atom stereocenters. The summed E-state index contributed by atoms with van der Waals surface area (Å²) in [6.07, 6.45) is 1.10. The van der Waals surface area contributed by atoms with E-state index in [9.17, 15) is 15.2 Å². The first kappa shape index (κ1) is 14.8. The van der Waals surface area contributed by atoms with E-state index in [2.05, 4.69) is 11.1 Å². The van der Waals surface area contributed by atoms with Crippen LogP contribution in [0.5, 0.6) is 5.75 Å². The molecule has 0 radical (unpaired) electrons. The molecule has 2 heterocycles. The van der Waals surface area contributed by atoms with Crippen LogP contribution in [0.25, 0.3) is 21.7 Å². The van der Waals surface area contributed by atoms with E-state index in [-0.39, 0.29) is 11.3 Å². The van der Waals surface area contributed by atoms with Crippen molar-refractivity contribution in [3.8, 4) is 33.5 Å². The van der Waals surface area contributed by atoms with E-state index in [1.165, 1.54) is 17.4 Å². The topological polar surface area (TPSA) is 94.2 Å². The number of carbonyl (C=O) groups is 1. The van der Waals surface area contributed by atoms with Gasteiger partial charge in [0.2, 0.25) is 0 Å². The molecule has 6 heteroatoms. The highest BCUT2D eigenvalue weighted by molar-refractivity contribution is 7.16. The second-order valence-corrected chi connectivity index (χ2v) is 5.78. The molecular formula is C17H10N2O3S. The monoisotopic (exact) mass is 322 g/mol. The fourth-order valence-corrected chi connectivity index (χ4v) is 3.13. The summed E-state index contributed by atoms with van der Waals surface area (Å²) < 4.78 is 0. The Kier molecular flexibility index (Phi) is 3.79. The first-order chi connectivity index (χ1) is 11.1. The molecule has 0 aliphatic heterocycles. The van der Waals surface area contributed by atoms with E-state index in [1.807, 2.05) is 36.4 Å². The van der Waals surface area contributed by atoms with Crippen LogP contribution in [0.1, 0.15) is 15.2 Å². The Labute approximate surface area is 135 Å². The van der Waals surface area contributed by atoms with Crippen LogP contribution in [0.2, 0.25) is 0 Å². The number of aromatic nitrogens is 1. The molecule has 0 aliphatic carbocycles. The van der Waals surface area contributed by atoms with Crippen LogP contribution in [0, 0.1) is 11.3 Å². The molecule has 0 spiro atoms. The molecule has 1 aromatic carbocycles. The minimum atomic E-state index is -1.23. The van der Waals surface area contributed by atoms with Gasteiger partial charge in [-0.1, -0.05) is 30.3 Å². The summed E-state index contributed by atoms with van der Waals surface area (Å²) in [4.78, 5) is 16.4. The molecule has 0 bridgehead atoms. The second-order valence-electron chi connectivity index (χ2n) is 4.72. The van der Waals surface area contributed by atoms with Gasteiger partial charge in [0.15, 0.2) is 0 Å². The molecule has 0 amide bonds. The summed E-state index contributed by atoms with van der Waals surface area (Å²) in [7, 11) is 0. The molecule has 2 aromatic heterocycles. The van der Waals surface area contributed by atoms with Crippen LogP contribution in [0.3, 0.4) is 0 Å². The number of hydrogen-bond donors (Lipinski definition) is 2. The van der Waals surface area contributed by atoms with E-state index >= 15 is 0 Å². The number of benzene rings is 1. The maximum atomic E-state index is 11.1. The number of aromatic hydroxyl groups is 1. The molecule has 0 atom stereocenters. The van der Waals surface area contributed by atoms with Crippen molar-refractivity contribution in [2.75, 3.05) is 0 Å². The minimum absolute atomic E-state index is 0.219. The number of aromatic carboxylic acids is 1. The Morgan fingerprint density at radius 2 is 1.96 bits per heavy atom. The average Bonchev–Trinajstić information content (AvgIpc) is 3.00. The van der Waals surface area contributed by atoms with Gasteiger partial charge < -0.3 is 10.2 Å². The third kappa shape index (κ3) is 2.78. The minimum Gasteiger partial charge on any atom is -0.505 e. The van der Waals surface area contributed by atoms with Gasteiger partial charge in [0, 0.05) is 5.56 Å². The number of carboxylic acids is 1. The molecule has 0 fully saturated rings. The molecule has 5 nitrogen and oxygen atoms in total. The van der Waals surface area contributed by atoms with E-state index in [1.54, 1.807) is 0 Å². The molecule has 3 aromatic rings. The highest BCUT2D eigenvalue weighted by Crippen LogP contribution is 2.37. The number of hydrogen-bond acceptors (Lipinski definition) is 5. The summed E-state index contributed by atoms with van der Waals surface area (Å²) in [5.41, 5.74) is 1.87. The zero-order valence-corrected chi connectivity index (χ0v) is 12.5.